The van der Waals surface area contributed by atoms with E-state index in [9.17, 15) is 9.59 Å². The van der Waals surface area contributed by atoms with E-state index in [1.54, 1.807) is 14.2 Å². The highest BCUT2D eigenvalue weighted by molar-refractivity contribution is 7.20. The van der Waals surface area contributed by atoms with Crippen LogP contribution >= 0.6 is 11.3 Å². The lowest BCUT2D eigenvalue weighted by Gasteiger charge is -2.36. The predicted octanol–water partition coefficient (Wildman–Crippen LogP) is 2.27. The van der Waals surface area contributed by atoms with Crippen LogP contribution in [0.1, 0.15) is 15.2 Å². The fourth-order valence-corrected chi connectivity index (χ4v) is 4.62. The molecule has 0 bridgehead atoms. The van der Waals surface area contributed by atoms with Gasteiger partial charge in [0, 0.05) is 38.9 Å². The van der Waals surface area contributed by atoms with Gasteiger partial charge in [-0.3, -0.25) is 9.59 Å². The van der Waals surface area contributed by atoms with Crippen LogP contribution in [0.15, 0.2) is 35.4 Å². The molecule has 0 saturated carbocycles. The monoisotopic (exact) mass is 398 g/mol. The molecule has 146 valence electrons. The summed E-state index contributed by atoms with van der Waals surface area (Å²) in [4.78, 5) is 35.1. The van der Waals surface area contributed by atoms with E-state index in [0.29, 0.717) is 28.2 Å². The van der Waals surface area contributed by atoms with Crippen molar-refractivity contribution in [2.24, 2.45) is 7.05 Å². The number of aryl methyl sites for hydroxylation is 2. The summed E-state index contributed by atoms with van der Waals surface area (Å²) in [5.74, 6) is 0.814. The van der Waals surface area contributed by atoms with Crippen LogP contribution in [0.2, 0.25) is 0 Å². The van der Waals surface area contributed by atoms with Crippen LogP contribution in [-0.4, -0.2) is 53.6 Å². The van der Waals surface area contributed by atoms with Crippen molar-refractivity contribution in [2.75, 3.05) is 38.2 Å². The Morgan fingerprint density at radius 2 is 1.82 bits per heavy atom. The van der Waals surface area contributed by atoms with Gasteiger partial charge in [-0.05, 0) is 36.8 Å². The smallest absolute Gasteiger partial charge is 0.264 e. The van der Waals surface area contributed by atoms with Gasteiger partial charge < -0.3 is 19.1 Å². The van der Waals surface area contributed by atoms with Crippen LogP contribution in [0.25, 0.3) is 10.2 Å². The van der Waals surface area contributed by atoms with E-state index in [1.807, 2.05) is 36.1 Å². The van der Waals surface area contributed by atoms with Crippen molar-refractivity contribution < 1.29 is 9.53 Å². The van der Waals surface area contributed by atoms with Gasteiger partial charge in [-0.2, -0.15) is 0 Å². The van der Waals surface area contributed by atoms with Crippen molar-refractivity contribution in [3.8, 4) is 5.75 Å². The second-order valence-corrected chi connectivity index (χ2v) is 7.87. The number of benzene rings is 1. The van der Waals surface area contributed by atoms with E-state index in [1.165, 1.54) is 22.2 Å². The van der Waals surface area contributed by atoms with E-state index < -0.39 is 0 Å². The largest absolute Gasteiger partial charge is 0.497 e. The molecule has 0 aliphatic carbocycles. The first-order valence-corrected chi connectivity index (χ1v) is 9.94. The summed E-state index contributed by atoms with van der Waals surface area (Å²) in [5, 5.41) is 0.551. The van der Waals surface area contributed by atoms with E-state index in [4.69, 9.17) is 4.74 Å². The number of aromatic nitrogens is 2. The minimum atomic E-state index is -0.109. The average molecular weight is 398 g/mol. The summed E-state index contributed by atoms with van der Waals surface area (Å²) in [5.41, 5.74) is 1.75. The fraction of sp³-hybridized carbons (Fsp3) is 0.350. The summed E-state index contributed by atoms with van der Waals surface area (Å²) < 4.78 is 6.66. The number of hydrogen-bond donors (Lipinski definition) is 0. The van der Waals surface area contributed by atoms with E-state index in [-0.39, 0.29) is 11.5 Å². The number of piperazine rings is 1. The lowest BCUT2D eigenvalue weighted by atomic mass is 10.2. The number of hydrogen-bond acceptors (Lipinski definition) is 6. The summed E-state index contributed by atoms with van der Waals surface area (Å²) in [7, 11) is 3.33. The highest BCUT2D eigenvalue weighted by Gasteiger charge is 2.26. The van der Waals surface area contributed by atoms with Gasteiger partial charge in [0.2, 0.25) is 0 Å². The maximum absolute atomic E-state index is 13.1. The zero-order valence-corrected chi connectivity index (χ0v) is 17.0. The van der Waals surface area contributed by atoms with Crippen molar-refractivity contribution in [3.05, 3.63) is 51.4 Å². The number of thiophene rings is 1. The Morgan fingerprint density at radius 3 is 2.46 bits per heavy atom. The first kappa shape index (κ1) is 18.5. The quantitative estimate of drug-likeness (QED) is 0.677. The number of carbonyl (C=O) groups is 1. The topological polar surface area (TPSA) is 67.7 Å². The zero-order valence-electron chi connectivity index (χ0n) is 16.1. The molecule has 0 N–H and O–H groups in total. The summed E-state index contributed by atoms with van der Waals surface area (Å²) >= 11 is 1.31. The summed E-state index contributed by atoms with van der Waals surface area (Å²) in [6.45, 7) is 4.65. The Labute approximate surface area is 166 Å². The average Bonchev–Trinajstić information content (AvgIpc) is 3.07. The normalized spacial score (nSPS) is 14.5. The molecule has 0 spiro atoms. The van der Waals surface area contributed by atoms with Gasteiger partial charge in [-0.25, -0.2) is 4.98 Å². The number of rotatable bonds is 3. The third-order valence-corrected chi connectivity index (χ3v) is 6.40. The van der Waals surface area contributed by atoms with Crippen molar-refractivity contribution in [1.82, 2.24) is 14.5 Å². The second-order valence-electron chi connectivity index (χ2n) is 6.87. The SMILES string of the molecule is COc1ccc(N2CCN(C(=O)c3sc4ncn(C)c(=O)c4c3C)CC2)cc1. The first-order valence-electron chi connectivity index (χ1n) is 9.12. The van der Waals surface area contributed by atoms with Gasteiger partial charge in [0.15, 0.2) is 0 Å². The van der Waals surface area contributed by atoms with Crippen LogP contribution in [0.4, 0.5) is 5.69 Å². The molecule has 0 unspecified atom stereocenters. The minimum Gasteiger partial charge on any atom is -0.497 e. The van der Waals surface area contributed by atoms with E-state index >= 15 is 0 Å². The second kappa shape index (κ2) is 7.27. The number of nitrogens with zero attached hydrogens (tertiary/aromatic N) is 4. The molecule has 3 heterocycles. The molecule has 0 radical (unpaired) electrons. The molecule has 7 nitrogen and oxygen atoms in total. The van der Waals surface area contributed by atoms with Crippen molar-refractivity contribution in [3.63, 3.8) is 0 Å². The third-order valence-electron chi connectivity index (χ3n) is 5.21. The van der Waals surface area contributed by atoms with Gasteiger partial charge in [0.05, 0.1) is 23.7 Å². The minimum absolute atomic E-state index is 0.0167. The molecule has 2 aromatic heterocycles. The maximum atomic E-state index is 13.1. The number of fused-ring (bicyclic) bond motifs is 1. The van der Waals surface area contributed by atoms with Gasteiger partial charge in [0.1, 0.15) is 10.6 Å². The number of ether oxygens (including phenoxy) is 1. The Hall–Kier alpha value is -2.87. The number of amides is 1. The molecule has 28 heavy (non-hydrogen) atoms. The molecule has 1 aromatic carbocycles. The Kier molecular flexibility index (Phi) is 4.80. The standard InChI is InChI=1S/C20H22N4O3S/c1-13-16-18(21-12-22(2)19(16)25)28-17(13)20(26)24-10-8-23(9-11-24)14-4-6-15(27-3)7-5-14/h4-7,12H,8-11H2,1-3H3. The number of carbonyl (C=O) groups excluding carboxylic acids is 1. The van der Waals surface area contributed by atoms with Crippen molar-refractivity contribution >= 4 is 33.1 Å². The molecule has 1 aliphatic heterocycles. The Morgan fingerprint density at radius 1 is 1.14 bits per heavy atom. The molecule has 1 saturated heterocycles. The molecule has 8 heteroatoms. The highest BCUT2D eigenvalue weighted by atomic mass is 32.1. The lowest BCUT2D eigenvalue weighted by Crippen LogP contribution is -2.48. The molecule has 1 fully saturated rings. The van der Waals surface area contributed by atoms with Gasteiger partial charge in [-0.15, -0.1) is 11.3 Å². The fourth-order valence-electron chi connectivity index (χ4n) is 3.52. The van der Waals surface area contributed by atoms with Crippen molar-refractivity contribution in [1.29, 1.82) is 0 Å². The zero-order chi connectivity index (χ0) is 19.8. The third kappa shape index (κ3) is 3.13. The predicted molar refractivity (Wildman–Crippen MR) is 111 cm³/mol. The maximum Gasteiger partial charge on any atom is 0.264 e. The van der Waals surface area contributed by atoms with Crippen LogP contribution in [0.3, 0.4) is 0 Å². The lowest BCUT2D eigenvalue weighted by molar-refractivity contribution is 0.0751. The van der Waals surface area contributed by atoms with E-state index in [0.717, 1.165) is 30.1 Å². The molecular weight excluding hydrogens is 376 g/mol. The van der Waals surface area contributed by atoms with Crippen LogP contribution < -0.4 is 15.2 Å². The van der Waals surface area contributed by atoms with Crippen LogP contribution in [0, 0.1) is 6.92 Å². The molecule has 3 aromatic rings. The Balaban J connectivity index is 1.51. The van der Waals surface area contributed by atoms with E-state index in [2.05, 4.69) is 9.88 Å². The Bertz CT molecular complexity index is 1080. The molecule has 0 atom stereocenters. The van der Waals surface area contributed by atoms with Crippen LogP contribution in [-0.2, 0) is 7.05 Å². The molecule has 1 amide bonds. The van der Waals surface area contributed by atoms with Gasteiger partial charge in [0.25, 0.3) is 11.5 Å². The molecule has 1 aliphatic rings. The highest BCUT2D eigenvalue weighted by Crippen LogP contribution is 2.28. The number of methoxy groups -OCH3 is 1. The van der Waals surface area contributed by atoms with Gasteiger partial charge in [-0.1, -0.05) is 0 Å². The van der Waals surface area contributed by atoms with Gasteiger partial charge >= 0.3 is 0 Å². The number of anilines is 1. The first-order chi connectivity index (χ1) is 13.5. The molecule has 4 rings (SSSR count). The summed E-state index contributed by atoms with van der Waals surface area (Å²) in [6.07, 6.45) is 1.50. The molecular formula is C20H22N4O3S. The summed E-state index contributed by atoms with van der Waals surface area (Å²) in [6, 6.07) is 7.96. The van der Waals surface area contributed by atoms with Crippen molar-refractivity contribution in [2.45, 2.75) is 6.92 Å². The van der Waals surface area contributed by atoms with Crippen LogP contribution in [0.5, 0.6) is 5.75 Å².